The average Bonchev–Trinajstić information content (AvgIpc) is 2.39. The Kier molecular flexibility index (Phi) is 3.60. The predicted molar refractivity (Wildman–Crippen MR) is 71.0 cm³/mol. The number of rotatable bonds is 3. The monoisotopic (exact) mass is 259 g/mol. The first-order valence-corrected chi connectivity index (χ1v) is 5.57. The van der Waals surface area contributed by atoms with E-state index in [1.54, 1.807) is 37.6 Å². The highest BCUT2D eigenvalue weighted by Crippen LogP contribution is 2.23. The molecule has 1 aromatic heterocycles. The van der Waals surface area contributed by atoms with Crippen LogP contribution in [0, 0.1) is 11.3 Å². The van der Waals surface area contributed by atoms with Gasteiger partial charge in [-0.1, -0.05) is 11.6 Å². The Morgan fingerprint density at radius 2 is 2.06 bits per heavy atom. The number of nitrogens with one attached hydrogen (secondary N) is 2. The molecule has 1 heterocycles. The highest BCUT2D eigenvalue weighted by molar-refractivity contribution is 6.30. The van der Waals surface area contributed by atoms with Gasteiger partial charge in [-0.15, -0.1) is 0 Å². The minimum Gasteiger partial charge on any atom is -0.372 e. The van der Waals surface area contributed by atoms with Crippen molar-refractivity contribution in [3.8, 4) is 6.07 Å². The third kappa shape index (κ3) is 2.67. The molecule has 90 valence electrons. The largest absolute Gasteiger partial charge is 0.372 e. The molecule has 0 saturated heterocycles. The molecule has 0 atom stereocenters. The van der Waals surface area contributed by atoms with Gasteiger partial charge in [-0.2, -0.15) is 5.26 Å². The molecule has 0 unspecified atom stereocenters. The van der Waals surface area contributed by atoms with Crippen LogP contribution in [0.3, 0.4) is 0 Å². The highest BCUT2D eigenvalue weighted by atomic mass is 35.5. The van der Waals surface area contributed by atoms with Crippen molar-refractivity contribution in [3.63, 3.8) is 0 Å². The normalized spacial score (nSPS) is 9.61. The second kappa shape index (κ2) is 5.34. The molecule has 0 aliphatic carbocycles. The molecule has 0 aliphatic heterocycles. The van der Waals surface area contributed by atoms with Gasteiger partial charge in [-0.3, -0.25) is 4.98 Å². The lowest BCUT2D eigenvalue weighted by atomic mass is 10.2. The van der Waals surface area contributed by atoms with Crippen molar-refractivity contribution in [3.05, 3.63) is 41.2 Å². The van der Waals surface area contributed by atoms with Gasteiger partial charge < -0.3 is 10.6 Å². The van der Waals surface area contributed by atoms with E-state index in [-0.39, 0.29) is 0 Å². The van der Waals surface area contributed by atoms with Crippen LogP contribution in [-0.2, 0) is 0 Å². The first-order chi connectivity index (χ1) is 8.72. The van der Waals surface area contributed by atoms with Gasteiger partial charge in [0.05, 0.1) is 23.6 Å². The van der Waals surface area contributed by atoms with Crippen molar-refractivity contribution in [2.24, 2.45) is 0 Å². The lowest BCUT2D eigenvalue weighted by Gasteiger charge is -2.08. The zero-order chi connectivity index (χ0) is 13.0. The number of aromatic nitrogens is 2. The number of halogens is 1. The number of benzene rings is 1. The molecule has 2 N–H and O–H groups in total. The van der Waals surface area contributed by atoms with Gasteiger partial charge in [0.2, 0.25) is 0 Å². The molecule has 0 spiro atoms. The van der Waals surface area contributed by atoms with Crippen LogP contribution >= 0.6 is 11.6 Å². The summed E-state index contributed by atoms with van der Waals surface area (Å²) in [4.78, 5) is 8.28. The third-order valence-electron chi connectivity index (χ3n) is 2.26. The standard InChI is InChI=1S/C12H10ClN5/c1-15-11-6-16-7-12(18-11)17-10-4-9(13)3-2-8(10)5-14/h2-4,6-7H,1H3,(H2,15,17,18). The van der Waals surface area contributed by atoms with Gasteiger partial charge in [0.15, 0.2) is 5.82 Å². The average molecular weight is 260 g/mol. The lowest BCUT2D eigenvalue weighted by molar-refractivity contribution is 1.18. The van der Waals surface area contributed by atoms with Crippen molar-refractivity contribution < 1.29 is 0 Å². The van der Waals surface area contributed by atoms with Crippen LogP contribution in [0.4, 0.5) is 17.3 Å². The van der Waals surface area contributed by atoms with Gasteiger partial charge in [0.25, 0.3) is 0 Å². The second-order valence-electron chi connectivity index (χ2n) is 3.47. The van der Waals surface area contributed by atoms with Crippen LogP contribution in [0.15, 0.2) is 30.6 Å². The van der Waals surface area contributed by atoms with Crippen LogP contribution in [0.2, 0.25) is 5.02 Å². The minimum atomic E-state index is 0.496. The molecule has 1 aromatic carbocycles. The van der Waals surface area contributed by atoms with Crippen LogP contribution in [0.1, 0.15) is 5.56 Å². The van der Waals surface area contributed by atoms with E-state index in [1.807, 2.05) is 0 Å². The molecule has 0 radical (unpaired) electrons. The maximum absolute atomic E-state index is 9.01. The maximum atomic E-state index is 9.01. The highest BCUT2D eigenvalue weighted by Gasteiger charge is 2.05. The van der Waals surface area contributed by atoms with Gasteiger partial charge in [-0.25, -0.2) is 4.98 Å². The van der Waals surface area contributed by atoms with E-state index < -0.39 is 0 Å². The van der Waals surface area contributed by atoms with E-state index in [0.717, 1.165) is 0 Å². The quantitative estimate of drug-likeness (QED) is 0.887. The number of anilines is 3. The van der Waals surface area contributed by atoms with E-state index in [4.69, 9.17) is 16.9 Å². The van der Waals surface area contributed by atoms with Crippen LogP contribution in [-0.4, -0.2) is 17.0 Å². The molecule has 0 fully saturated rings. The van der Waals surface area contributed by atoms with Gasteiger partial charge in [-0.05, 0) is 18.2 Å². The van der Waals surface area contributed by atoms with Crippen molar-refractivity contribution in [2.75, 3.05) is 17.7 Å². The number of nitriles is 1. The Hall–Kier alpha value is -2.32. The van der Waals surface area contributed by atoms with Crippen LogP contribution < -0.4 is 10.6 Å². The molecular weight excluding hydrogens is 250 g/mol. The Balaban J connectivity index is 2.33. The molecule has 0 aliphatic rings. The fourth-order valence-corrected chi connectivity index (χ4v) is 1.57. The van der Waals surface area contributed by atoms with Crippen molar-refractivity contribution in [1.82, 2.24) is 9.97 Å². The van der Waals surface area contributed by atoms with Crippen LogP contribution in [0.5, 0.6) is 0 Å². The fourth-order valence-electron chi connectivity index (χ4n) is 1.40. The smallest absolute Gasteiger partial charge is 0.151 e. The van der Waals surface area contributed by atoms with Gasteiger partial charge in [0.1, 0.15) is 11.9 Å². The maximum Gasteiger partial charge on any atom is 0.151 e. The minimum absolute atomic E-state index is 0.496. The summed E-state index contributed by atoms with van der Waals surface area (Å²) in [5.74, 6) is 1.18. The van der Waals surface area contributed by atoms with Gasteiger partial charge >= 0.3 is 0 Å². The molecule has 5 nitrogen and oxygen atoms in total. The molecule has 0 bridgehead atoms. The molecule has 6 heteroatoms. The number of hydrogen-bond donors (Lipinski definition) is 2. The molecule has 2 aromatic rings. The Morgan fingerprint density at radius 3 is 2.78 bits per heavy atom. The third-order valence-corrected chi connectivity index (χ3v) is 2.49. The Labute approximate surface area is 109 Å². The lowest BCUT2D eigenvalue weighted by Crippen LogP contribution is -2.00. The van der Waals surface area contributed by atoms with Crippen molar-refractivity contribution in [2.45, 2.75) is 0 Å². The van der Waals surface area contributed by atoms with E-state index >= 15 is 0 Å². The zero-order valence-corrected chi connectivity index (χ0v) is 10.4. The number of hydrogen-bond acceptors (Lipinski definition) is 5. The number of nitrogens with zero attached hydrogens (tertiary/aromatic N) is 3. The fraction of sp³-hybridized carbons (Fsp3) is 0.0833. The second-order valence-corrected chi connectivity index (χ2v) is 3.90. The predicted octanol–water partition coefficient (Wildman–Crippen LogP) is 2.79. The first kappa shape index (κ1) is 12.1. The SMILES string of the molecule is CNc1cncc(Nc2cc(Cl)ccc2C#N)n1. The van der Waals surface area contributed by atoms with E-state index in [2.05, 4.69) is 26.7 Å². The van der Waals surface area contributed by atoms with Crippen LogP contribution in [0.25, 0.3) is 0 Å². The summed E-state index contributed by atoms with van der Waals surface area (Å²) in [6, 6.07) is 7.08. The molecule has 0 saturated carbocycles. The summed E-state index contributed by atoms with van der Waals surface area (Å²) >= 11 is 5.90. The van der Waals surface area contributed by atoms with Crippen molar-refractivity contribution >= 4 is 28.9 Å². The zero-order valence-electron chi connectivity index (χ0n) is 9.61. The molecule has 2 rings (SSSR count). The summed E-state index contributed by atoms with van der Waals surface area (Å²) in [6.45, 7) is 0. The topological polar surface area (TPSA) is 73.6 Å². The van der Waals surface area contributed by atoms with Crippen molar-refractivity contribution in [1.29, 1.82) is 5.26 Å². The van der Waals surface area contributed by atoms with E-state index in [0.29, 0.717) is 27.9 Å². The molecule has 18 heavy (non-hydrogen) atoms. The Morgan fingerprint density at radius 1 is 1.28 bits per heavy atom. The summed E-state index contributed by atoms with van der Waals surface area (Å²) in [6.07, 6.45) is 3.18. The molecule has 0 amide bonds. The summed E-state index contributed by atoms with van der Waals surface area (Å²) < 4.78 is 0. The Bertz CT molecular complexity index is 606. The summed E-state index contributed by atoms with van der Waals surface area (Å²) in [5, 5.41) is 15.5. The first-order valence-electron chi connectivity index (χ1n) is 5.19. The van der Waals surface area contributed by atoms with E-state index in [9.17, 15) is 0 Å². The van der Waals surface area contributed by atoms with E-state index in [1.165, 1.54) is 0 Å². The molecular formula is C12H10ClN5. The van der Waals surface area contributed by atoms with Gasteiger partial charge in [0, 0.05) is 12.1 Å². The summed E-state index contributed by atoms with van der Waals surface area (Å²) in [5.41, 5.74) is 1.10. The summed E-state index contributed by atoms with van der Waals surface area (Å²) in [7, 11) is 1.76.